The Kier molecular flexibility index (Phi) is 7.50. The van der Waals surface area contributed by atoms with Gasteiger partial charge >= 0.3 is 5.97 Å². The maximum atomic E-state index is 11.6. The lowest BCUT2D eigenvalue weighted by Gasteiger charge is -2.17. The Bertz CT molecular complexity index is 391. The summed E-state index contributed by atoms with van der Waals surface area (Å²) in [4.78, 5) is 11.6. The number of esters is 1. The molecule has 0 fully saturated rings. The second-order valence-corrected chi connectivity index (χ2v) is 4.25. The molecule has 20 heavy (non-hydrogen) atoms. The van der Waals surface area contributed by atoms with Crippen molar-refractivity contribution < 1.29 is 19.0 Å². The van der Waals surface area contributed by atoms with E-state index in [1.165, 1.54) is 7.11 Å². The van der Waals surface area contributed by atoms with Crippen molar-refractivity contribution in [2.24, 2.45) is 0 Å². The second kappa shape index (κ2) is 9.20. The van der Waals surface area contributed by atoms with Gasteiger partial charge in [0.15, 0.2) is 0 Å². The lowest BCUT2D eigenvalue weighted by molar-refractivity contribution is -0.143. The molecule has 112 valence electrons. The van der Waals surface area contributed by atoms with Crippen LogP contribution in [-0.4, -0.2) is 38.9 Å². The summed E-state index contributed by atoms with van der Waals surface area (Å²) in [6.07, 6.45) is 0.941. The number of benzene rings is 1. The van der Waals surface area contributed by atoms with E-state index in [2.05, 4.69) is 5.32 Å². The molecule has 1 unspecified atom stereocenters. The summed E-state index contributed by atoms with van der Waals surface area (Å²) in [7, 11) is 1.37. The molecule has 1 rings (SSSR count). The first-order valence-corrected chi connectivity index (χ1v) is 6.88. The third-order valence-electron chi connectivity index (χ3n) is 2.68. The van der Waals surface area contributed by atoms with Crippen LogP contribution in [0.4, 0.5) is 0 Å². The molecule has 0 heterocycles. The van der Waals surface area contributed by atoms with Crippen molar-refractivity contribution in [1.29, 1.82) is 0 Å². The van der Waals surface area contributed by atoms with Gasteiger partial charge < -0.3 is 19.5 Å². The fraction of sp³-hybridized carbons (Fsp3) is 0.533. The van der Waals surface area contributed by atoms with Crippen LogP contribution in [0, 0.1) is 0 Å². The Morgan fingerprint density at radius 3 is 2.25 bits per heavy atom. The van der Waals surface area contributed by atoms with Gasteiger partial charge in [-0.15, -0.1) is 0 Å². The highest BCUT2D eigenvalue weighted by Crippen LogP contribution is 2.17. The van der Waals surface area contributed by atoms with Crippen molar-refractivity contribution >= 4 is 5.97 Å². The van der Waals surface area contributed by atoms with Crippen LogP contribution in [0.25, 0.3) is 0 Å². The Morgan fingerprint density at radius 1 is 1.15 bits per heavy atom. The molecule has 1 aromatic rings. The van der Waals surface area contributed by atoms with E-state index in [9.17, 15) is 4.79 Å². The van der Waals surface area contributed by atoms with E-state index in [4.69, 9.17) is 14.2 Å². The fourth-order valence-corrected chi connectivity index (χ4v) is 1.65. The summed E-state index contributed by atoms with van der Waals surface area (Å²) >= 11 is 0. The molecular formula is C15H23NO4. The number of hydrogen-bond acceptors (Lipinski definition) is 5. The second-order valence-electron chi connectivity index (χ2n) is 4.25. The first kappa shape index (κ1) is 16.3. The standard InChI is InChI=1S/C15H23NO4/c1-4-10-16-14(15(17)18-3)11-20-13-8-6-12(7-9-13)19-5-2/h6-9,14,16H,4-5,10-11H2,1-3H3. The lowest BCUT2D eigenvalue weighted by Crippen LogP contribution is -2.42. The van der Waals surface area contributed by atoms with Crippen molar-refractivity contribution in [3.05, 3.63) is 24.3 Å². The molecule has 0 saturated carbocycles. The van der Waals surface area contributed by atoms with Gasteiger partial charge in [-0.1, -0.05) is 6.92 Å². The molecule has 0 spiro atoms. The van der Waals surface area contributed by atoms with Crippen molar-refractivity contribution in [2.45, 2.75) is 26.3 Å². The van der Waals surface area contributed by atoms with Gasteiger partial charge in [-0.3, -0.25) is 4.79 Å². The van der Waals surface area contributed by atoms with Crippen molar-refractivity contribution in [1.82, 2.24) is 5.32 Å². The Balaban J connectivity index is 2.50. The van der Waals surface area contributed by atoms with Crippen LogP contribution in [0.3, 0.4) is 0 Å². The van der Waals surface area contributed by atoms with Crippen LogP contribution < -0.4 is 14.8 Å². The largest absolute Gasteiger partial charge is 0.494 e. The number of nitrogens with one attached hydrogen (secondary N) is 1. The Morgan fingerprint density at radius 2 is 1.75 bits per heavy atom. The SMILES string of the molecule is CCCNC(COc1ccc(OCC)cc1)C(=O)OC. The Labute approximate surface area is 120 Å². The number of hydrogen-bond donors (Lipinski definition) is 1. The predicted molar refractivity (Wildman–Crippen MR) is 77.2 cm³/mol. The lowest BCUT2D eigenvalue weighted by atomic mass is 10.3. The molecule has 5 heteroatoms. The normalized spacial score (nSPS) is 11.8. The average molecular weight is 281 g/mol. The van der Waals surface area contributed by atoms with Crippen molar-refractivity contribution in [3.63, 3.8) is 0 Å². The number of carbonyl (C=O) groups excluding carboxylic acids is 1. The third kappa shape index (κ3) is 5.48. The molecule has 1 aromatic carbocycles. The maximum absolute atomic E-state index is 11.6. The fourth-order valence-electron chi connectivity index (χ4n) is 1.65. The van der Waals surface area contributed by atoms with Crippen LogP contribution in [0.1, 0.15) is 20.3 Å². The van der Waals surface area contributed by atoms with E-state index in [1.807, 2.05) is 38.1 Å². The van der Waals surface area contributed by atoms with Crippen LogP contribution in [0.15, 0.2) is 24.3 Å². The zero-order chi connectivity index (χ0) is 14.8. The first-order chi connectivity index (χ1) is 9.71. The topological polar surface area (TPSA) is 56.8 Å². The van der Waals surface area contributed by atoms with Crippen molar-refractivity contribution in [3.8, 4) is 11.5 Å². The van der Waals surface area contributed by atoms with Crippen LogP contribution >= 0.6 is 0 Å². The quantitative estimate of drug-likeness (QED) is 0.702. The maximum Gasteiger partial charge on any atom is 0.326 e. The minimum absolute atomic E-state index is 0.237. The Hall–Kier alpha value is -1.75. The van der Waals surface area contributed by atoms with E-state index >= 15 is 0 Å². The van der Waals surface area contributed by atoms with Crippen LogP contribution in [0.2, 0.25) is 0 Å². The highest BCUT2D eigenvalue weighted by atomic mass is 16.5. The number of rotatable bonds is 9. The molecule has 0 aliphatic carbocycles. The summed E-state index contributed by atoms with van der Waals surface area (Å²) in [5, 5.41) is 3.10. The number of ether oxygens (including phenoxy) is 3. The molecule has 0 amide bonds. The van der Waals surface area contributed by atoms with Gasteiger partial charge in [-0.05, 0) is 44.2 Å². The van der Waals surface area contributed by atoms with Gasteiger partial charge in [0.05, 0.1) is 13.7 Å². The molecule has 0 aliphatic heterocycles. The zero-order valence-corrected chi connectivity index (χ0v) is 12.3. The van der Waals surface area contributed by atoms with Gasteiger partial charge in [0.25, 0.3) is 0 Å². The molecule has 0 aliphatic rings. The molecular weight excluding hydrogens is 258 g/mol. The average Bonchev–Trinajstić information content (AvgIpc) is 2.48. The summed E-state index contributed by atoms with van der Waals surface area (Å²) < 4.78 is 15.7. The summed E-state index contributed by atoms with van der Waals surface area (Å²) in [6.45, 7) is 5.58. The molecule has 0 bridgehead atoms. The summed E-state index contributed by atoms with van der Waals surface area (Å²) in [5.74, 6) is 1.18. The minimum Gasteiger partial charge on any atom is -0.494 e. The highest BCUT2D eigenvalue weighted by molar-refractivity contribution is 5.75. The van der Waals surface area contributed by atoms with Gasteiger partial charge in [-0.25, -0.2) is 0 Å². The highest BCUT2D eigenvalue weighted by Gasteiger charge is 2.18. The van der Waals surface area contributed by atoms with Gasteiger partial charge in [0.2, 0.25) is 0 Å². The van der Waals surface area contributed by atoms with Crippen molar-refractivity contribution in [2.75, 3.05) is 26.9 Å². The van der Waals surface area contributed by atoms with Gasteiger partial charge in [0.1, 0.15) is 24.1 Å². The monoisotopic (exact) mass is 281 g/mol. The number of methoxy groups -OCH3 is 1. The molecule has 0 radical (unpaired) electrons. The van der Waals surface area contributed by atoms with Gasteiger partial charge in [0, 0.05) is 0 Å². The molecule has 1 N–H and O–H groups in total. The molecule has 1 atom stereocenters. The van der Waals surface area contributed by atoms with E-state index in [1.54, 1.807) is 0 Å². The van der Waals surface area contributed by atoms with E-state index in [0.29, 0.717) is 12.4 Å². The molecule has 0 saturated heterocycles. The predicted octanol–water partition coefficient (Wildman–Crippen LogP) is 2.01. The third-order valence-corrected chi connectivity index (χ3v) is 2.68. The van der Waals surface area contributed by atoms with E-state index in [0.717, 1.165) is 18.7 Å². The smallest absolute Gasteiger partial charge is 0.326 e. The number of carbonyl (C=O) groups is 1. The minimum atomic E-state index is -0.452. The molecule has 5 nitrogen and oxygen atoms in total. The van der Waals surface area contributed by atoms with Gasteiger partial charge in [-0.2, -0.15) is 0 Å². The zero-order valence-electron chi connectivity index (χ0n) is 12.3. The summed E-state index contributed by atoms with van der Waals surface area (Å²) in [5.41, 5.74) is 0. The first-order valence-electron chi connectivity index (χ1n) is 6.88. The van der Waals surface area contributed by atoms with E-state index in [-0.39, 0.29) is 12.6 Å². The van der Waals surface area contributed by atoms with Crippen LogP contribution in [0.5, 0.6) is 11.5 Å². The summed E-state index contributed by atoms with van der Waals surface area (Å²) in [6, 6.07) is 6.86. The van der Waals surface area contributed by atoms with Crippen LogP contribution in [-0.2, 0) is 9.53 Å². The molecule has 0 aromatic heterocycles. The van der Waals surface area contributed by atoms with E-state index < -0.39 is 6.04 Å².